The van der Waals surface area contributed by atoms with Gasteiger partial charge in [-0.1, -0.05) is 13.8 Å². The van der Waals surface area contributed by atoms with E-state index in [0.717, 1.165) is 19.4 Å². The molecule has 1 amide bonds. The normalized spacial score (nSPS) is 10.7. The van der Waals surface area contributed by atoms with Gasteiger partial charge in [0.1, 0.15) is 6.54 Å². The Morgan fingerprint density at radius 3 is 2.62 bits per heavy atom. The molecule has 0 radical (unpaired) electrons. The molecule has 21 heavy (non-hydrogen) atoms. The number of anilines is 1. The van der Waals surface area contributed by atoms with Gasteiger partial charge in [-0.2, -0.15) is 5.10 Å². The van der Waals surface area contributed by atoms with Gasteiger partial charge in [0.2, 0.25) is 5.91 Å². The zero-order valence-electron chi connectivity index (χ0n) is 13.0. The summed E-state index contributed by atoms with van der Waals surface area (Å²) in [7, 11) is 1.86. The maximum atomic E-state index is 11.9. The first-order valence-electron chi connectivity index (χ1n) is 7.35. The number of nitrogens with one attached hydrogen (secondary N) is 3. The second-order valence-electron chi connectivity index (χ2n) is 4.85. The molecular weight excluding hydrogens is 270 g/mol. The molecule has 0 aromatic carbocycles. The molecule has 118 valence electrons. The van der Waals surface area contributed by atoms with Gasteiger partial charge in [-0.3, -0.25) is 9.59 Å². The van der Waals surface area contributed by atoms with E-state index >= 15 is 0 Å². The fourth-order valence-corrected chi connectivity index (χ4v) is 1.88. The van der Waals surface area contributed by atoms with Gasteiger partial charge in [0.25, 0.3) is 5.56 Å². The average molecular weight is 295 g/mol. The van der Waals surface area contributed by atoms with Gasteiger partial charge in [-0.25, -0.2) is 4.68 Å². The number of aromatic nitrogens is 2. The molecule has 7 nitrogen and oxygen atoms in total. The van der Waals surface area contributed by atoms with Crippen molar-refractivity contribution in [3.8, 4) is 0 Å². The minimum atomic E-state index is -0.288. The second kappa shape index (κ2) is 9.12. The monoisotopic (exact) mass is 295 g/mol. The molecule has 1 heterocycles. The Bertz CT molecular complexity index is 496. The molecule has 0 unspecified atom stereocenters. The third-order valence-corrected chi connectivity index (χ3v) is 3.22. The molecule has 0 aliphatic carbocycles. The fourth-order valence-electron chi connectivity index (χ4n) is 1.88. The van der Waals surface area contributed by atoms with Crippen molar-refractivity contribution < 1.29 is 4.79 Å². The van der Waals surface area contributed by atoms with Crippen LogP contribution in [0.5, 0.6) is 0 Å². The molecule has 1 rings (SSSR count). The molecule has 1 aromatic rings. The summed E-state index contributed by atoms with van der Waals surface area (Å²) in [6, 6.07) is 1.60. The van der Waals surface area contributed by atoms with E-state index in [-0.39, 0.29) is 24.1 Å². The van der Waals surface area contributed by atoms with Crippen LogP contribution in [0.2, 0.25) is 0 Å². The summed E-state index contributed by atoms with van der Waals surface area (Å²) in [5.74, 6) is -0.186. The molecule has 0 bridgehead atoms. The maximum Gasteiger partial charge on any atom is 0.269 e. The summed E-state index contributed by atoms with van der Waals surface area (Å²) >= 11 is 0. The van der Waals surface area contributed by atoms with E-state index in [1.165, 1.54) is 10.7 Å². The minimum absolute atomic E-state index is 0.0495. The summed E-state index contributed by atoms with van der Waals surface area (Å²) < 4.78 is 1.17. The Labute approximate surface area is 125 Å². The van der Waals surface area contributed by atoms with Crippen molar-refractivity contribution in [1.29, 1.82) is 0 Å². The Kier molecular flexibility index (Phi) is 7.45. The largest absolute Gasteiger partial charge is 0.382 e. The highest BCUT2D eigenvalue weighted by molar-refractivity contribution is 5.75. The zero-order chi connectivity index (χ0) is 15.7. The Balaban J connectivity index is 2.60. The first kappa shape index (κ1) is 17.2. The van der Waals surface area contributed by atoms with Gasteiger partial charge in [0.15, 0.2) is 0 Å². The molecule has 0 saturated carbocycles. The summed E-state index contributed by atoms with van der Waals surface area (Å²) in [6.07, 6.45) is 3.30. The number of hydrogen-bond donors (Lipinski definition) is 3. The molecule has 0 aliphatic heterocycles. The molecule has 0 spiro atoms. The number of hydrogen-bond acceptors (Lipinski definition) is 5. The van der Waals surface area contributed by atoms with Crippen molar-refractivity contribution in [2.24, 2.45) is 0 Å². The third-order valence-electron chi connectivity index (χ3n) is 3.22. The number of likely N-dealkylation sites (N-methyl/N-ethyl adjacent to an activating group) is 1. The zero-order valence-corrected chi connectivity index (χ0v) is 13.0. The van der Waals surface area contributed by atoms with Crippen molar-refractivity contribution in [2.45, 2.75) is 39.3 Å². The second-order valence-corrected chi connectivity index (χ2v) is 4.85. The standard InChI is InChI=1S/C14H25N5O2/c1-4-11(5-2)18-13(20)10-19-14(21)8-12(9-17-19)16-7-6-15-3/h8-9,11,15-16H,4-7,10H2,1-3H3,(H,18,20). The molecule has 0 atom stereocenters. The van der Waals surface area contributed by atoms with Gasteiger partial charge in [-0.15, -0.1) is 0 Å². The number of carbonyl (C=O) groups excluding carboxylic acids is 1. The van der Waals surface area contributed by atoms with Crippen molar-refractivity contribution in [2.75, 3.05) is 25.5 Å². The number of rotatable bonds is 9. The minimum Gasteiger partial charge on any atom is -0.382 e. The maximum absolute atomic E-state index is 11.9. The van der Waals surface area contributed by atoms with Crippen LogP contribution in [0.1, 0.15) is 26.7 Å². The van der Waals surface area contributed by atoms with Crippen LogP contribution in [-0.2, 0) is 11.3 Å². The van der Waals surface area contributed by atoms with Crippen LogP contribution in [0.15, 0.2) is 17.1 Å². The topological polar surface area (TPSA) is 88.1 Å². The fraction of sp³-hybridized carbons (Fsp3) is 0.643. The van der Waals surface area contributed by atoms with Crippen LogP contribution in [-0.4, -0.2) is 41.9 Å². The van der Waals surface area contributed by atoms with Crippen molar-refractivity contribution >= 4 is 11.6 Å². The summed E-state index contributed by atoms with van der Waals surface area (Å²) in [5, 5.41) is 13.0. The molecule has 3 N–H and O–H groups in total. The van der Waals surface area contributed by atoms with Crippen LogP contribution < -0.4 is 21.5 Å². The summed E-state index contributed by atoms with van der Waals surface area (Å²) in [4.78, 5) is 23.8. The predicted molar refractivity (Wildman–Crippen MR) is 83.4 cm³/mol. The third kappa shape index (κ3) is 5.95. The predicted octanol–water partition coefficient (Wildman–Crippen LogP) is 0.179. The molecular formula is C14H25N5O2. The van der Waals surface area contributed by atoms with Crippen LogP contribution in [0.3, 0.4) is 0 Å². The van der Waals surface area contributed by atoms with Gasteiger partial charge in [0, 0.05) is 25.2 Å². The lowest BCUT2D eigenvalue weighted by Gasteiger charge is -2.15. The van der Waals surface area contributed by atoms with Gasteiger partial charge >= 0.3 is 0 Å². The highest BCUT2D eigenvalue weighted by atomic mass is 16.2. The molecule has 7 heteroatoms. The molecule has 0 aliphatic rings. The van der Waals surface area contributed by atoms with E-state index in [1.807, 2.05) is 20.9 Å². The number of amides is 1. The number of carbonyl (C=O) groups is 1. The summed E-state index contributed by atoms with van der Waals surface area (Å²) in [5.41, 5.74) is 0.371. The SMILES string of the molecule is CCC(CC)NC(=O)Cn1ncc(NCCNC)cc1=O. The Morgan fingerprint density at radius 2 is 2.05 bits per heavy atom. The van der Waals surface area contributed by atoms with Crippen molar-refractivity contribution in [3.63, 3.8) is 0 Å². The Morgan fingerprint density at radius 1 is 1.33 bits per heavy atom. The quantitative estimate of drug-likeness (QED) is 0.566. The van der Waals surface area contributed by atoms with Gasteiger partial charge in [-0.05, 0) is 19.9 Å². The lowest BCUT2D eigenvalue weighted by atomic mass is 10.2. The van der Waals surface area contributed by atoms with Crippen molar-refractivity contribution in [1.82, 2.24) is 20.4 Å². The molecule has 0 fully saturated rings. The first-order chi connectivity index (χ1) is 10.1. The lowest BCUT2D eigenvalue weighted by Crippen LogP contribution is -2.38. The average Bonchev–Trinajstić information content (AvgIpc) is 2.47. The van der Waals surface area contributed by atoms with E-state index in [2.05, 4.69) is 21.0 Å². The van der Waals surface area contributed by atoms with E-state index in [9.17, 15) is 9.59 Å². The molecule has 1 aromatic heterocycles. The van der Waals surface area contributed by atoms with Crippen LogP contribution in [0.4, 0.5) is 5.69 Å². The summed E-state index contributed by atoms with van der Waals surface area (Å²) in [6.45, 7) is 5.48. The smallest absolute Gasteiger partial charge is 0.269 e. The number of nitrogens with zero attached hydrogens (tertiary/aromatic N) is 2. The highest BCUT2D eigenvalue weighted by Crippen LogP contribution is 1.99. The van der Waals surface area contributed by atoms with E-state index in [4.69, 9.17) is 0 Å². The van der Waals surface area contributed by atoms with Gasteiger partial charge in [0.05, 0.1) is 11.9 Å². The first-order valence-corrected chi connectivity index (χ1v) is 7.35. The van der Waals surface area contributed by atoms with Crippen LogP contribution in [0, 0.1) is 0 Å². The van der Waals surface area contributed by atoms with E-state index < -0.39 is 0 Å². The van der Waals surface area contributed by atoms with E-state index in [1.54, 1.807) is 6.20 Å². The highest BCUT2D eigenvalue weighted by Gasteiger charge is 2.10. The van der Waals surface area contributed by atoms with Crippen LogP contribution in [0.25, 0.3) is 0 Å². The van der Waals surface area contributed by atoms with Gasteiger partial charge < -0.3 is 16.0 Å². The Hall–Kier alpha value is -1.89. The van der Waals surface area contributed by atoms with E-state index in [0.29, 0.717) is 12.2 Å². The molecule has 0 saturated heterocycles. The van der Waals surface area contributed by atoms with Crippen molar-refractivity contribution in [3.05, 3.63) is 22.6 Å². The van der Waals surface area contributed by atoms with Crippen LogP contribution >= 0.6 is 0 Å². The lowest BCUT2D eigenvalue weighted by molar-refractivity contribution is -0.122.